The number of carbonyl (C=O) groups is 1. The van der Waals surface area contributed by atoms with Crippen molar-refractivity contribution in [3.8, 4) is 0 Å². The quantitative estimate of drug-likeness (QED) is 0.576. The topological polar surface area (TPSA) is 119 Å². The summed E-state index contributed by atoms with van der Waals surface area (Å²) in [5.74, 6) is -1.45. The van der Waals surface area contributed by atoms with Gasteiger partial charge in [-0.05, 0) is 0 Å². The number of aromatic nitrogens is 1. The number of nitrogens with zero attached hydrogens (tertiary/aromatic N) is 1. The van der Waals surface area contributed by atoms with Crippen LogP contribution in [0.4, 0.5) is 14.5 Å². The molecule has 3 N–H and O–H groups in total. The van der Waals surface area contributed by atoms with Crippen molar-refractivity contribution < 1.29 is 18.5 Å². The molecule has 0 radical (unpaired) electrons. The molecule has 0 aromatic carbocycles. The number of hydrogen-bond acceptors (Lipinski definition) is 4. The average molecular weight is 233 g/mol. The Morgan fingerprint density at radius 1 is 1.56 bits per heavy atom. The first kappa shape index (κ1) is 11.8. The molecule has 0 fully saturated rings. The van der Waals surface area contributed by atoms with Gasteiger partial charge in [0.25, 0.3) is 23.6 Å². The fraction of sp³-hybridized carbons (Fsp3) is 0.143. The number of rotatable bonds is 3. The van der Waals surface area contributed by atoms with Crippen LogP contribution in [-0.2, 0) is 0 Å². The number of carbonyl (C=O) groups excluding carboxylic acids is 1. The Morgan fingerprint density at radius 2 is 2.12 bits per heavy atom. The first-order valence-electron chi connectivity index (χ1n) is 3.84. The maximum Gasteiger partial charge on any atom is 0.298 e. The van der Waals surface area contributed by atoms with Crippen molar-refractivity contribution in [1.29, 1.82) is 0 Å². The molecule has 0 unspecified atom stereocenters. The van der Waals surface area contributed by atoms with Crippen molar-refractivity contribution in [3.05, 3.63) is 37.8 Å². The molecule has 1 aromatic heterocycles. The number of aromatic amines is 1. The zero-order valence-electron chi connectivity index (χ0n) is 7.57. The van der Waals surface area contributed by atoms with Gasteiger partial charge in [-0.1, -0.05) is 0 Å². The minimum Gasteiger partial charge on any atom is -0.365 e. The van der Waals surface area contributed by atoms with Gasteiger partial charge in [0.1, 0.15) is 11.1 Å². The molecule has 1 rings (SSSR count). The molecule has 0 saturated heterocycles. The molecule has 1 amide bonds. The van der Waals surface area contributed by atoms with E-state index in [9.17, 15) is 28.5 Å². The Hall–Kier alpha value is -2.32. The van der Waals surface area contributed by atoms with E-state index in [4.69, 9.17) is 5.73 Å². The van der Waals surface area contributed by atoms with Crippen LogP contribution >= 0.6 is 0 Å². The summed E-state index contributed by atoms with van der Waals surface area (Å²) in [7, 11) is 0. The summed E-state index contributed by atoms with van der Waals surface area (Å²) in [5, 5.41) is 10.4. The summed E-state index contributed by atoms with van der Waals surface area (Å²) in [6.45, 7) is 0. The minimum absolute atomic E-state index is 0.550. The molecular weight excluding hydrogens is 228 g/mol. The summed E-state index contributed by atoms with van der Waals surface area (Å²) in [6.07, 6.45) is -2.78. The van der Waals surface area contributed by atoms with Crippen molar-refractivity contribution in [2.24, 2.45) is 5.73 Å². The third-order valence-corrected chi connectivity index (χ3v) is 1.77. The van der Waals surface area contributed by atoms with E-state index in [-0.39, 0.29) is 0 Å². The van der Waals surface area contributed by atoms with Gasteiger partial charge in [-0.2, -0.15) is 0 Å². The highest BCUT2D eigenvalue weighted by Gasteiger charge is 2.29. The number of primary amides is 1. The standard InChI is InChI=1S/C7H5F2N3O4/c8-5(9)4-3(6(10)13)2(12(15)16)1-11-7(4)14/h1,5H,(H2,10,13)(H,11,14). The zero-order valence-corrected chi connectivity index (χ0v) is 7.57. The van der Waals surface area contributed by atoms with Crippen LogP contribution in [-0.4, -0.2) is 15.8 Å². The van der Waals surface area contributed by atoms with Crippen molar-refractivity contribution in [2.45, 2.75) is 6.43 Å². The number of pyridine rings is 1. The van der Waals surface area contributed by atoms with Crippen LogP contribution < -0.4 is 11.3 Å². The zero-order chi connectivity index (χ0) is 12.5. The second-order valence-electron chi connectivity index (χ2n) is 2.71. The number of H-pyrrole nitrogens is 1. The SMILES string of the molecule is NC(=O)c1c([N+](=O)[O-])c[nH]c(=O)c1C(F)F. The van der Waals surface area contributed by atoms with E-state index in [2.05, 4.69) is 0 Å². The molecule has 0 atom stereocenters. The monoisotopic (exact) mass is 233 g/mol. The molecule has 9 heteroatoms. The number of amides is 1. The van der Waals surface area contributed by atoms with E-state index < -0.39 is 39.6 Å². The van der Waals surface area contributed by atoms with Crippen LogP contribution in [0.2, 0.25) is 0 Å². The molecule has 86 valence electrons. The molecule has 0 aliphatic heterocycles. The Morgan fingerprint density at radius 3 is 2.50 bits per heavy atom. The second kappa shape index (κ2) is 4.04. The van der Waals surface area contributed by atoms with Crippen molar-refractivity contribution in [1.82, 2.24) is 4.98 Å². The van der Waals surface area contributed by atoms with Crippen LogP contribution in [0.15, 0.2) is 11.0 Å². The van der Waals surface area contributed by atoms with Crippen LogP contribution in [0, 0.1) is 10.1 Å². The molecule has 16 heavy (non-hydrogen) atoms. The minimum atomic E-state index is -3.33. The van der Waals surface area contributed by atoms with Gasteiger partial charge in [-0.25, -0.2) is 8.78 Å². The van der Waals surface area contributed by atoms with Gasteiger partial charge in [-0.15, -0.1) is 0 Å². The molecule has 0 bridgehead atoms. The number of nitrogens with one attached hydrogen (secondary N) is 1. The number of alkyl halides is 2. The maximum absolute atomic E-state index is 12.4. The molecule has 1 heterocycles. The molecule has 0 aliphatic rings. The smallest absolute Gasteiger partial charge is 0.298 e. The lowest BCUT2D eigenvalue weighted by Crippen LogP contribution is -2.24. The van der Waals surface area contributed by atoms with Crippen molar-refractivity contribution >= 4 is 11.6 Å². The maximum atomic E-state index is 12.4. The predicted octanol–water partition coefficient (Wildman–Crippen LogP) is 0.320. The van der Waals surface area contributed by atoms with Crippen LogP contribution in [0.3, 0.4) is 0 Å². The highest BCUT2D eigenvalue weighted by Crippen LogP contribution is 2.25. The predicted molar refractivity (Wildman–Crippen MR) is 47.2 cm³/mol. The van der Waals surface area contributed by atoms with Crippen molar-refractivity contribution in [3.63, 3.8) is 0 Å². The van der Waals surface area contributed by atoms with Crippen molar-refractivity contribution in [2.75, 3.05) is 0 Å². The summed E-state index contributed by atoms with van der Waals surface area (Å²) >= 11 is 0. The fourth-order valence-electron chi connectivity index (χ4n) is 1.15. The first-order valence-corrected chi connectivity index (χ1v) is 3.84. The Kier molecular flexibility index (Phi) is 2.97. The van der Waals surface area contributed by atoms with Gasteiger partial charge in [0.15, 0.2) is 0 Å². The molecule has 7 nitrogen and oxygen atoms in total. The lowest BCUT2D eigenvalue weighted by molar-refractivity contribution is -0.385. The van der Waals surface area contributed by atoms with Crippen LogP contribution in [0.1, 0.15) is 22.3 Å². The van der Waals surface area contributed by atoms with Gasteiger partial charge < -0.3 is 10.7 Å². The Balaban J connectivity index is 3.70. The van der Waals surface area contributed by atoms with E-state index in [1.165, 1.54) is 0 Å². The summed E-state index contributed by atoms with van der Waals surface area (Å²) in [5.41, 5.74) is 0.135. The first-order chi connectivity index (χ1) is 7.36. The van der Waals surface area contributed by atoms with E-state index in [0.29, 0.717) is 6.20 Å². The van der Waals surface area contributed by atoms with E-state index in [0.717, 1.165) is 0 Å². The number of nitrogens with two attached hydrogens (primary N) is 1. The van der Waals surface area contributed by atoms with Gasteiger partial charge in [0.2, 0.25) is 0 Å². The van der Waals surface area contributed by atoms with Crippen LogP contribution in [0.25, 0.3) is 0 Å². The largest absolute Gasteiger partial charge is 0.365 e. The van der Waals surface area contributed by atoms with Gasteiger partial charge in [-0.3, -0.25) is 19.7 Å². The molecule has 0 spiro atoms. The lowest BCUT2D eigenvalue weighted by Gasteiger charge is -2.04. The summed E-state index contributed by atoms with van der Waals surface area (Å²) < 4.78 is 24.9. The van der Waals surface area contributed by atoms with Crippen LogP contribution in [0.5, 0.6) is 0 Å². The summed E-state index contributed by atoms with van der Waals surface area (Å²) in [6, 6.07) is 0. The summed E-state index contributed by atoms with van der Waals surface area (Å²) in [4.78, 5) is 32.9. The third-order valence-electron chi connectivity index (χ3n) is 1.77. The highest BCUT2D eigenvalue weighted by atomic mass is 19.3. The molecule has 0 aliphatic carbocycles. The third kappa shape index (κ3) is 1.87. The van der Waals surface area contributed by atoms with Gasteiger partial charge in [0, 0.05) is 0 Å². The van der Waals surface area contributed by atoms with E-state index >= 15 is 0 Å². The second-order valence-corrected chi connectivity index (χ2v) is 2.71. The molecule has 1 aromatic rings. The Bertz CT molecular complexity index is 511. The number of halogens is 2. The average Bonchev–Trinajstić information content (AvgIpc) is 2.15. The Labute approximate surface area is 86.0 Å². The number of hydrogen-bond donors (Lipinski definition) is 2. The van der Waals surface area contributed by atoms with Gasteiger partial charge >= 0.3 is 0 Å². The fourth-order valence-corrected chi connectivity index (χ4v) is 1.15. The van der Waals surface area contributed by atoms with E-state index in [1.54, 1.807) is 4.98 Å². The van der Waals surface area contributed by atoms with Gasteiger partial charge in [0.05, 0.1) is 11.1 Å². The molecule has 0 saturated carbocycles. The number of nitro groups is 1. The lowest BCUT2D eigenvalue weighted by atomic mass is 10.1. The normalized spacial score (nSPS) is 10.4. The van der Waals surface area contributed by atoms with E-state index in [1.807, 2.05) is 0 Å². The highest BCUT2D eigenvalue weighted by molar-refractivity contribution is 5.98. The molecular formula is C7H5F2N3O4.